The fraction of sp³-hybridized carbons (Fsp3) is 0.867. The van der Waals surface area contributed by atoms with Gasteiger partial charge in [0.15, 0.2) is 0 Å². The molecule has 0 aliphatic heterocycles. The lowest BCUT2D eigenvalue weighted by molar-refractivity contribution is -0.121. The number of tetrazole rings is 1. The molecule has 0 radical (unpaired) electrons. The van der Waals surface area contributed by atoms with Crippen molar-refractivity contribution in [1.29, 1.82) is 0 Å². The van der Waals surface area contributed by atoms with Crippen LogP contribution >= 0.6 is 11.8 Å². The molecule has 2 aliphatic carbocycles. The van der Waals surface area contributed by atoms with Gasteiger partial charge >= 0.3 is 0 Å². The first-order valence-corrected chi connectivity index (χ1v) is 9.40. The zero-order valence-electron chi connectivity index (χ0n) is 13.6. The molecule has 1 heterocycles. The third-order valence-corrected chi connectivity index (χ3v) is 5.68. The lowest BCUT2D eigenvalue weighted by Gasteiger charge is -2.27. The summed E-state index contributed by atoms with van der Waals surface area (Å²) in [7, 11) is 0. The molecule has 0 aromatic carbocycles. The number of aliphatic hydroxyl groups is 1. The number of aromatic nitrogens is 4. The molecule has 2 aliphatic rings. The van der Waals surface area contributed by atoms with E-state index in [1.807, 2.05) is 11.6 Å². The zero-order chi connectivity index (χ0) is 16.3. The summed E-state index contributed by atoms with van der Waals surface area (Å²) in [6.07, 6.45) is 8.17. The molecule has 8 heteroatoms. The van der Waals surface area contributed by atoms with Gasteiger partial charge in [0.1, 0.15) is 0 Å². The van der Waals surface area contributed by atoms with Crippen LogP contribution in [-0.4, -0.2) is 48.6 Å². The minimum absolute atomic E-state index is 0.0713. The molecule has 1 aromatic rings. The Kier molecular flexibility index (Phi) is 5.21. The molecule has 1 aromatic heterocycles. The van der Waals surface area contributed by atoms with Crippen molar-refractivity contribution in [3.05, 3.63) is 0 Å². The third-order valence-electron chi connectivity index (χ3n) is 4.63. The number of hydrogen-bond donors (Lipinski definition) is 2. The predicted octanol–water partition coefficient (Wildman–Crippen LogP) is 1.69. The van der Waals surface area contributed by atoms with E-state index in [-0.39, 0.29) is 11.2 Å². The fourth-order valence-corrected chi connectivity index (χ4v) is 3.87. The number of nitrogens with one attached hydrogen (secondary N) is 1. The molecule has 0 saturated heterocycles. The average molecular weight is 339 g/mol. The summed E-state index contributed by atoms with van der Waals surface area (Å²) in [4.78, 5) is 12.3. The average Bonchev–Trinajstić information content (AvgIpc) is 3.31. The Balaban J connectivity index is 1.50. The van der Waals surface area contributed by atoms with Gasteiger partial charge in [-0.05, 0) is 43.0 Å². The van der Waals surface area contributed by atoms with Crippen LogP contribution in [0.3, 0.4) is 0 Å². The van der Waals surface area contributed by atoms with Crippen LogP contribution in [-0.2, 0) is 4.79 Å². The number of amides is 1. The van der Waals surface area contributed by atoms with Crippen molar-refractivity contribution in [3.8, 4) is 0 Å². The summed E-state index contributed by atoms with van der Waals surface area (Å²) in [5.41, 5.74) is -0.744. The summed E-state index contributed by atoms with van der Waals surface area (Å²) in [6, 6.07) is 0.398. The third kappa shape index (κ3) is 4.44. The molecule has 1 amide bonds. The van der Waals surface area contributed by atoms with Gasteiger partial charge in [-0.1, -0.05) is 37.4 Å². The van der Waals surface area contributed by atoms with E-state index in [0.717, 1.165) is 38.5 Å². The van der Waals surface area contributed by atoms with Crippen molar-refractivity contribution < 1.29 is 9.90 Å². The first kappa shape index (κ1) is 16.7. The van der Waals surface area contributed by atoms with Crippen molar-refractivity contribution in [2.45, 2.75) is 80.3 Å². The Morgan fingerprint density at radius 2 is 2.09 bits per heavy atom. The summed E-state index contributed by atoms with van der Waals surface area (Å²) < 4.78 is 1.81. The van der Waals surface area contributed by atoms with Crippen LogP contribution in [0.5, 0.6) is 0 Å². The second-order valence-corrected chi connectivity index (χ2v) is 8.06. The first-order valence-electron chi connectivity index (χ1n) is 8.52. The molecule has 128 valence electrons. The smallest absolute Gasteiger partial charge is 0.233 e. The Bertz CT molecular complexity index is 538. The Labute approximate surface area is 140 Å². The maximum absolute atomic E-state index is 12.3. The Morgan fingerprint density at radius 1 is 1.39 bits per heavy atom. The molecule has 0 spiro atoms. The fourth-order valence-electron chi connectivity index (χ4n) is 2.98. The summed E-state index contributed by atoms with van der Waals surface area (Å²) in [5.74, 6) is -0.0713. The number of nitrogens with zero attached hydrogens (tertiary/aromatic N) is 4. The summed E-state index contributed by atoms with van der Waals surface area (Å²) in [5, 5.41) is 25.6. The molecule has 2 fully saturated rings. The van der Waals surface area contributed by atoms with Crippen LogP contribution in [0.25, 0.3) is 0 Å². The van der Waals surface area contributed by atoms with Crippen LogP contribution in [0.1, 0.15) is 64.3 Å². The highest BCUT2D eigenvalue weighted by Crippen LogP contribution is 2.37. The van der Waals surface area contributed by atoms with Crippen molar-refractivity contribution in [3.63, 3.8) is 0 Å². The van der Waals surface area contributed by atoms with E-state index in [0.29, 0.717) is 17.7 Å². The molecule has 0 bridgehead atoms. The van der Waals surface area contributed by atoms with Crippen molar-refractivity contribution in [1.82, 2.24) is 25.5 Å². The van der Waals surface area contributed by atoms with Gasteiger partial charge in [-0.3, -0.25) is 4.79 Å². The maximum Gasteiger partial charge on any atom is 0.233 e. The standard InChI is InChI=1S/C15H25N5O2S/c1-11(23-14-17-18-19-20(14)12-6-7-12)13(21)16-10-15(22)8-4-2-3-5-9-15/h11-12,22H,2-10H2,1H3,(H,16,21)/t11-/m0/s1. The van der Waals surface area contributed by atoms with Gasteiger partial charge in [-0.2, -0.15) is 0 Å². The normalized spacial score (nSPS) is 22.3. The monoisotopic (exact) mass is 339 g/mol. The highest BCUT2D eigenvalue weighted by molar-refractivity contribution is 8.00. The van der Waals surface area contributed by atoms with Crippen LogP contribution in [0.15, 0.2) is 5.16 Å². The number of carbonyl (C=O) groups is 1. The van der Waals surface area contributed by atoms with Gasteiger partial charge in [-0.15, -0.1) is 5.10 Å². The van der Waals surface area contributed by atoms with E-state index in [1.165, 1.54) is 24.6 Å². The van der Waals surface area contributed by atoms with Gasteiger partial charge < -0.3 is 10.4 Å². The molecule has 23 heavy (non-hydrogen) atoms. The van der Waals surface area contributed by atoms with Crippen molar-refractivity contribution in [2.24, 2.45) is 0 Å². The van der Waals surface area contributed by atoms with Gasteiger partial charge in [0.25, 0.3) is 0 Å². The van der Waals surface area contributed by atoms with E-state index in [2.05, 4.69) is 20.8 Å². The molecule has 2 N–H and O–H groups in total. The predicted molar refractivity (Wildman–Crippen MR) is 87.1 cm³/mol. The SMILES string of the molecule is C[C@H](Sc1nnnn1C1CC1)C(=O)NCC1(O)CCCCCC1. The summed E-state index contributed by atoms with van der Waals surface area (Å²) >= 11 is 1.38. The van der Waals surface area contributed by atoms with Gasteiger partial charge in [0.2, 0.25) is 11.1 Å². The first-order chi connectivity index (χ1) is 11.1. The molecule has 0 unspecified atom stereocenters. The topological polar surface area (TPSA) is 92.9 Å². The quantitative estimate of drug-likeness (QED) is 0.605. The highest BCUT2D eigenvalue weighted by Gasteiger charge is 2.31. The van der Waals surface area contributed by atoms with E-state index < -0.39 is 5.60 Å². The lowest BCUT2D eigenvalue weighted by Crippen LogP contribution is -2.44. The van der Waals surface area contributed by atoms with E-state index in [4.69, 9.17) is 0 Å². The highest BCUT2D eigenvalue weighted by atomic mass is 32.2. The van der Waals surface area contributed by atoms with Crippen molar-refractivity contribution >= 4 is 17.7 Å². The largest absolute Gasteiger partial charge is 0.388 e. The Hall–Kier alpha value is -1.15. The van der Waals surface area contributed by atoms with Gasteiger partial charge in [-0.25, -0.2) is 4.68 Å². The molecule has 7 nitrogen and oxygen atoms in total. The molecule has 3 rings (SSSR count). The van der Waals surface area contributed by atoms with Crippen LogP contribution in [0.4, 0.5) is 0 Å². The number of hydrogen-bond acceptors (Lipinski definition) is 6. The lowest BCUT2D eigenvalue weighted by atomic mass is 9.94. The second-order valence-electron chi connectivity index (χ2n) is 6.75. The van der Waals surface area contributed by atoms with Crippen LogP contribution in [0, 0.1) is 0 Å². The van der Waals surface area contributed by atoms with E-state index >= 15 is 0 Å². The molecule has 1 atom stereocenters. The molecule has 2 saturated carbocycles. The van der Waals surface area contributed by atoms with E-state index in [9.17, 15) is 9.90 Å². The molecular weight excluding hydrogens is 314 g/mol. The van der Waals surface area contributed by atoms with Crippen LogP contribution < -0.4 is 5.32 Å². The minimum atomic E-state index is -0.744. The minimum Gasteiger partial charge on any atom is -0.388 e. The van der Waals surface area contributed by atoms with Crippen LogP contribution in [0.2, 0.25) is 0 Å². The number of thioether (sulfide) groups is 1. The number of rotatable bonds is 6. The number of carbonyl (C=O) groups excluding carboxylic acids is 1. The summed E-state index contributed by atoms with van der Waals surface area (Å²) in [6.45, 7) is 2.19. The van der Waals surface area contributed by atoms with Gasteiger partial charge in [0, 0.05) is 6.54 Å². The molecular formula is C15H25N5O2S. The maximum atomic E-state index is 12.3. The van der Waals surface area contributed by atoms with E-state index in [1.54, 1.807) is 0 Å². The zero-order valence-corrected chi connectivity index (χ0v) is 14.4. The van der Waals surface area contributed by atoms with Crippen molar-refractivity contribution in [2.75, 3.05) is 6.54 Å². The van der Waals surface area contributed by atoms with Gasteiger partial charge in [0.05, 0.1) is 16.9 Å². The Morgan fingerprint density at radius 3 is 2.74 bits per heavy atom. The second kappa shape index (κ2) is 7.17.